The number of nitriles is 1. The van der Waals surface area contributed by atoms with Crippen LogP contribution in [-0.2, 0) is 16.0 Å². The number of fused-ring (bicyclic) bond motifs is 3. The Balaban J connectivity index is 1.50. The number of rotatable bonds is 3. The molecule has 1 unspecified atom stereocenters. The molecule has 4 saturated heterocycles. The lowest BCUT2D eigenvalue weighted by Gasteiger charge is -2.58. The molecule has 0 aliphatic carbocycles. The van der Waals surface area contributed by atoms with Crippen LogP contribution in [0.1, 0.15) is 30.5 Å². The average Bonchev–Trinajstić information content (AvgIpc) is 3.40. The van der Waals surface area contributed by atoms with Crippen molar-refractivity contribution in [1.29, 1.82) is 5.26 Å². The van der Waals surface area contributed by atoms with E-state index in [1.165, 1.54) is 21.6 Å². The maximum absolute atomic E-state index is 14.3. The van der Waals surface area contributed by atoms with Gasteiger partial charge in [0, 0.05) is 19.9 Å². The standard InChI is InChI=1S/C24H21N3O4S2/c1-22(13-25)12-24-20(28)26(2)23(32-33-24,11-15-6-4-3-5-7-15)21(29)27(24)19(22)16-8-9-17-18(10-16)31-14-30-17/h3-10,19H,11-12,14H2,1-2H3/t19?,22-,23-,24+/m1/s1. The summed E-state index contributed by atoms with van der Waals surface area (Å²) in [4.78, 5) is 29.3. The van der Waals surface area contributed by atoms with Crippen LogP contribution in [0.15, 0.2) is 48.5 Å². The van der Waals surface area contributed by atoms with Crippen LogP contribution in [0.5, 0.6) is 11.5 Å². The second kappa shape index (κ2) is 6.84. The van der Waals surface area contributed by atoms with Crippen molar-refractivity contribution in [2.45, 2.75) is 35.5 Å². The van der Waals surface area contributed by atoms with Crippen molar-refractivity contribution in [3.63, 3.8) is 0 Å². The van der Waals surface area contributed by atoms with Crippen molar-refractivity contribution >= 4 is 33.4 Å². The third kappa shape index (κ3) is 2.59. The Kier molecular flexibility index (Phi) is 4.30. The minimum Gasteiger partial charge on any atom is -0.454 e. The topological polar surface area (TPSA) is 82.9 Å². The molecule has 7 nitrogen and oxygen atoms in total. The van der Waals surface area contributed by atoms with Crippen LogP contribution in [0.25, 0.3) is 0 Å². The predicted molar refractivity (Wildman–Crippen MR) is 124 cm³/mol. The third-order valence-corrected chi connectivity index (χ3v) is 10.8. The van der Waals surface area contributed by atoms with Gasteiger partial charge in [0.15, 0.2) is 21.2 Å². The van der Waals surface area contributed by atoms with E-state index in [9.17, 15) is 14.9 Å². The zero-order valence-electron chi connectivity index (χ0n) is 18.1. The van der Waals surface area contributed by atoms with Crippen LogP contribution in [0, 0.1) is 16.7 Å². The van der Waals surface area contributed by atoms with Crippen LogP contribution in [0.4, 0.5) is 0 Å². The Hall–Kier alpha value is -2.83. The van der Waals surface area contributed by atoms with E-state index in [2.05, 4.69) is 6.07 Å². The Labute approximate surface area is 199 Å². The fourth-order valence-corrected chi connectivity index (χ4v) is 9.41. The van der Waals surface area contributed by atoms with Gasteiger partial charge in [-0.25, -0.2) is 0 Å². The van der Waals surface area contributed by atoms with Gasteiger partial charge < -0.3 is 19.3 Å². The molecule has 2 aromatic rings. The van der Waals surface area contributed by atoms with E-state index in [1.807, 2.05) is 55.5 Å². The van der Waals surface area contributed by atoms with E-state index in [1.54, 1.807) is 16.8 Å². The monoisotopic (exact) mass is 479 g/mol. The Morgan fingerprint density at radius 2 is 1.85 bits per heavy atom. The molecular weight excluding hydrogens is 458 g/mol. The number of hydrogen-bond donors (Lipinski definition) is 0. The molecule has 0 aromatic heterocycles. The predicted octanol–water partition coefficient (Wildman–Crippen LogP) is 3.72. The minimum absolute atomic E-state index is 0.119. The van der Waals surface area contributed by atoms with Crippen LogP contribution >= 0.6 is 21.6 Å². The molecule has 7 rings (SSSR count). The minimum atomic E-state index is -1.11. The normalized spacial score (nSPS) is 33.9. The summed E-state index contributed by atoms with van der Waals surface area (Å²) in [5, 5.41) is 10.3. The lowest BCUT2D eigenvalue weighted by Crippen LogP contribution is -2.75. The molecule has 5 aliphatic rings. The third-order valence-electron chi connectivity index (χ3n) is 7.16. The molecule has 0 N–H and O–H groups in total. The SMILES string of the molecule is CN1C(=O)[C@@]23C[C@](C)(C#N)C(c4ccc5c(c4)OCO5)N2C(=O)[C@@]1(Cc1ccccc1)SS3. The quantitative estimate of drug-likeness (QED) is 0.621. The molecule has 2 amide bonds. The van der Waals surface area contributed by atoms with Gasteiger partial charge in [-0.1, -0.05) is 58.0 Å². The van der Waals surface area contributed by atoms with Gasteiger partial charge in [-0.05, 0) is 30.2 Å². The zero-order valence-corrected chi connectivity index (χ0v) is 19.7. The van der Waals surface area contributed by atoms with Crippen molar-refractivity contribution < 1.29 is 19.1 Å². The fraction of sp³-hybridized carbons (Fsp3) is 0.375. The first-order valence-corrected chi connectivity index (χ1v) is 12.8. The number of likely N-dealkylation sites (N-methyl/N-ethyl adjacent to an activating group) is 1. The summed E-state index contributed by atoms with van der Waals surface area (Å²) < 4.78 is 11.0. The molecule has 9 heteroatoms. The van der Waals surface area contributed by atoms with Crippen molar-refractivity contribution in [3.05, 3.63) is 59.7 Å². The number of carbonyl (C=O) groups is 2. The Morgan fingerprint density at radius 1 is 1.09 bits per heavy atom. The molecule has 5 aliphatic heterocycles. The van der Waals surface area contributed by atoms with Crippen molar-refractivity contribution in [2.24, 2.45) is 5.41 Å². The van der Waals surface area contributed by atoms with E-state index in [0.29, 0.717) is 17.9 Å². The van der Waals surface area contributed by atoms with Gasteiger partial charge in [-0.3, -0.25) is 9.59 Å². The molecular formula is C24H21N3O4S2. The van der Waals surface area contributed by atoms with Crippen LogP contribution in [0.3, 0.4) is 0 Å². The lowest BCUT2D eigenvalue weighted by atomic mass is 9.79. The molecule has 168 valence electrons. The summed E-state index contributed by atoms with van der Waals surface area (Å²) in [7, 11) is 4.59. The van der Waals surface area contributed by atoms with Crippen molar-refractivity contribution in [2.75, 3.05) is 13.8 Å². The number of hydrogen-bond acceptors (Lipinski definition) is 7. The number of benzene rings is 2. The van der Waals surface area contributed by atoms with E-state index in [-0.39, 0.29) is 25.0 Å². The second-order valence-electron chi connectivity index (χ2n) is 9.16. The van der Waals surface area contributed by atoms with Crippen LogP contribution in [0.2, 0.25) is 0 Å². The number of piperazine rings is 1. The first-order valence-electron chi connectivity index (χ1n) is 10.7. The summed E-state index contributed by atoms with van der Waals surface area (Å²) in [6, 6.07) is 17.1. The maximum Gasteiger partial charge on any atom is 0.262 e. The maximum atomic E-state index is 14.3. The molecule has 1 spiro atoms. The first-order chi connectivity index (χ1) is 15.8. The molecule has 4 atom stereocenters. The van der Waals surface area contributed by atoms with Crippen molar-refractivity contribution in [1.82, 2.24) is 9.80 Å². The molecule has 0 saturated carbocycles. The molecule has 33 heavy (non-hydrogen) atoms. The van der Waals surface area contributed by atoms with E-state index in [0.717, 1.165) is 11.1 Å². The first kappa shape index (κ1) is 20.8. The van der Waals surface area contributed by atoms with Gasteiger partial charge >= 0.3 is 0 Å². The molecule has 5 heterocycles. The second-order valence-corrected chi connectivity index (χ2v) is 11.8. The summed E-state index contributed by atoms with van der Waals surface area (Å²) in [6.07, 6.45) is 0.667. The smallest absolute Gasteiger partial charge is 0.262 e. The van der Waals surface area contributed by atoms with Gasteiger partial charge in [0.2, 0.25) is 6.79 Å². The fourth-order valence-electron chi connectivity index (χ4n) is 5.52. The largest absolute Gasteiger partial charge is 0.454 e. The van der Waals surface area contributed by atoms with Gasteiger partial charge in [-0.2, -0.15) is 5.26 Å². The van der Waals surface area contributed by atoms with Gasteiger partial charge in [-0.15, -0.1) is 0 Å². The molecule has 2 aromatic carbocycles. The summed E-state index contributed by atoms with van der Waals surface area (Å²) in [5.74, 6) is 0.982. The van der Waals surface area contributed by atoms with Crippen molar-refractivity contribution in [3.8, 4) is 17.6 Å². The zero-order chi connectivity index (χ0) is 23.0. The summed E-state index contributed by atoms with van der Waals surface area (Å²) >= 11 is 0. The summed E-state index contributed by atoms with van der Waals surface area (Å²) in [5.41, 5.74) is 0.812. The van der Waals surface area contributed by atoms with E-state index in [4.69, 9.17) is 9.47 Å². The summed E-state index contributed by atoms with van der Waals surface area (Å²) in [6.45, 7) is 1.99. The van der Waals surface area contributed by atoms with Gasteiger partial charge in [0.25, 0.3) is 11.8 Å². The highest BCUT2D eigenvalue weighted by Gasteiger charge is 2.75. The Bertz CT molecular complexity index is 1230. The molecule has 0 radical (unpaired) electrons. The highest BCUT2D eigenvalue weighted by molar-refractivity contribution is 8.78. The van der Waals surface area contributed by atoms with Gasteiger partial charge in [0.1, 0.15) is 0 Å². The number of nitrogens with zero attached hydrogens (tertiary/aromatic N) is 3. The number of amides is 2. The van der Waals surface area contributed by atoms with E-state index < -0.39 is 21.2 Å². The highest BCUT2D eigenvalue weighted by Crippen LogP contribution is 2.70. The molecule has 2 bridgehead atoms. The number of ether oxygens (including phenoxy) is 2. The highest BCUT2D eigenvalue weighted by atomic mass is 33.1. The van der Waals surface area contributed by atoms with Crippen LogP contribution in [-0.4, -0.2) is 45.2 Å². The Morgan fingerprint density at radius 3 is 2.61 bits per heavy atom. The van der Waals surface area contributed by atoms with E-state index >= 15 is 0 Å². The average molecular weight is 480 g/mol. The number of carbonyl (C=O) groups excluding carboxylic acids is 2. The van der Waals surface area contributed by atoms with Gasteiger partial charge in [0.05, 0.1) is 17.5 Å². The molecule has 4 fully saturated rings. The van der Waals surface area contributed by atoms with Crippen LogP contribution < -0.4 is 9.47 Å². The lowest BCUT2D eigenvalue weighted by molar-refractivity contribution is -0.165.